The van der Waals surface area contributed by atoms with Gasteiger partial charge in [-0.1, -0.05) is 12.1 Å². The molecule has 3 N–H and O–H groups in total. The zero-order valence-corrected chi connectivity index (χ0v) is 11.4. The Morgan fingerprint density at radius 1 is 1.25 bits per heavy atom. The van der Waals surface area contributed by atoms with E-state index in [9.17, 15) is 4.39 Å². The zero-order valence-electron chi connectivity index (χ0n) is 11.4. The fourth-order valence-electron chi connectivity index (χ4n) is 1.95. The average Bonchev–Trinajstić information content (AvgIpc) is 2.44. The van der Waals surface area contributed by atoms with Crippen LogP contribution in [0.15, 0.2) is 36.4 Å². The Balaban J connectivity index is 2.25. The molecule has 0 aromatic heterocycles. The molecule has 0 spiro atoms. The summed E-state index contributed by atoms with van der Waals surface area (Å²) >= 11 is 0. The van der Waals surface area contributed by atoms with Crippen LogP contribution in [0.25, 0.3) is 0 Å². The third-order valence-electron chi connectivity index (χ3n) is 3.25. The molecule has 2 rings (SSSR count). The van der Waals surface area contributed by atoms with Crippen LogP contribution in [0.1, 0.15) is 29.7 Å². The molecule has 0 bridgehead atoms. The molecule has 20 heavy (non-hydrogen) atoms. The van der Waals surface area contributed by atoms with Gasteiger partial charge in [-0.15, -0.1) is 0 Å². The first-order chi connectivity index (χ1) is 9.51. The number of aryl methyl sites for hydroxylation is 1. The number of benzene rings is 2. The zero-order chi connectivity index (χ0) is 14.7. The molecule has 0 saturated heterocycles. The normalized spacial score (nSPS) is 11.7. The Morgan fingerprint density at radius 3 is 2.65 bits per heavy atom. The predicted octanol–water partition coefficient (Wildman–Crippen LogP) is 3.76. The topological polar surface area (TPSA) is 61.8 Å². The van der Waals surface area contributed by atoms with Crippen LogP contribution in [0, 0.1) is 24.1 Å². The summed E-state index contributed by atoms with van der Waals surface area (Å²) < 4.78 is 13.6. The highest BCUT2D eigenvalue weighted by Crippen LogP contribution is 2.26. The Morgan fingerprint density at radius 2 is 2.00 bits per heavy atom. The standard InChI is InChI=1S/C16H16FN3/c1-10-3-5-13(8-14(10)17)11(2)20-16-7-12(9-18)4-6-15(16)19/h3-8,11,20H,19H2,1-2H3. The predicted molar refractivity (Wildman–Crippen MR) is 78.7 cm³/mol. The van der Waals surface area contributed by atoms with E-state index in [0.717, 1.165) is 5.56 Å². The van der Waals surface area contributed by atoms with E-state index < -0.39 is 0 Å². The number of hydrogen-bond acceptors (Lipinski definition) is 3. The minimum absolute atomic E-state index is 0.110. The summed E-state index contributed by atoms with van der Waals surface area (Å²) in [7, 11) is 0. The number of nitrogen functional groups attached to an aromatic ring is 1. The van der Waals surface area contributed by atoms with Crippen LogP contribution >= 0.6 is 0 Å². The monoisotopic (exact) mass is 269 g/mol. The van der Waals surface area contributed by atoms with Gasteiger partial charge in [-0.2, -0.15) is 5.26 Å². The highest BCUT2D eigenvalue weighted by Gasteiger charge is 2.10. The molecule has 0 aliphatic rings. The van der Waals surface area contributed by atoms with Gasteiger partial charge in [0.15, 0.2) is 0 Å². The first-order valence-electron chi connectivity index (χ1n) is 6.33. The summed E-state index contributed by atoms with van der Waals surface area (Å²) in [6.45, 7) is 3.65. The average molecular weight is 269 g/mol. The van der Waals surface area contributed by atoms with Crippen LogP contribution in [0.3, 0.4) is 0 Å². The summed E-state index contributed by atoms with van der Waals surface area (Å²) in [5.74, 6) is -0.227. The molecule has 102 valence electrons. The number of nitrogens with one attached hydrogen (secondary N) is 1. The minimum Gasteiger partial charge on any atom is -0.397 e. The van der Waals surface area contributed by atoms with Gasteiger partial charge in [0.05, 0.1) is 23.0 Å². The first kappa shape index (κ1) is 13.9. The van der Waals surface area contributed by atoms with E-state index in [1.807, 2.05) is 13.0 Å². The lowest BCUT2D eigenvalue weighted by Crippen LogP contribution is -2.09. The van der Waals surface area contributed by atoms with Crippen LogP contribution in [-0.4, -0.2) is 0 Å². The van der Waals surface area contributed by atoms with Crippen molar-refractivity contribution in [1.82, 2.24) is 0 Å². The fraction of sp³-hybridized carbons (Fsp3) is 0.188. The number of nitrogens with zero attached hydrogens (tertiary/aromatic N) is 1. The van der Waals surface area contributed by atoms with Gasteiger partial charge in [-0.25, -0.2) is 4.39 Å². The van der Waals surface area contributed by atoms with Gasteiger partial charge in [-0.3, -0.25) is 0 Å². The van der Waals surface area contributed by atoms with E-state index in [1.54, 1.807) is 31.2 Å². The number of nitrogens with two attached hydrogens (primary N) is 1. The number of halogens is 1. The molecule has 2 aromatic rings. The van der Waals surface area contributed by atoms with Gasteiger partial charge in [0.1, 0.15) is 5.82 Å². The Kier molecular flexibility index (Phi) is 3.90. The van der Waals surface area contributed by atoms with Crippen molar-refractivity contribution in [3.63, 3.8) is 0 Å². The summed E-state index contributed by atoms with van der Waals surface area (Å²) in [6, 6.07) is 12.1. The minimum atomic E-state index is -0.227. The molecular weight excluding hydrogens is 253 g/mol. The Bertz CT molecular complexity index is 674. The second kappa shape index (κ2) is 5.62. The van der Waals surface area contributed by atoms with E-state index >= 15 is 0 Å². The molecule has 0 aliphatic carbocycles. The third kappa shape index (κ3) is 2.89. The first-order valence-corrected chi connectivity index (χ1v) is 6.33. The SMILES string of the molecule is Cc1ccc(C(C)Nc2cc(C#N)ccc2N)cc1F. The van der Waals surface area contributed by atoms with E-state index in [-0.39, 0.29) is 11.9 Å². The highest BCUT2D eigenvalue weighted by molar-refractivity contribution is 5.68. The number of rotatable bonds is 3. The quantitative estimate of drug-likeness (QED) is 0.834. The maximum atomic E-state index is 13.6. The third-order valence-corrected chi connectivity index (χ3v) is 3.25. The van der Waals surface area contributed by atoms with E-state index in [2.05, 4.69) is 11.4 Å². The molecule has 0 heterocycles. The molecule has 0 radical (unpaired) electrons. The lowest BCUT2D eigenvalue weighted by molar-refractivity contribution is 0.614. The second-order valence-electron chi connectivity index (χ2n) is 4.79. The molecule has 1 unspecified atom stereocenters. The van der Waals surface area contributed by atoms with Crippen molar-refractivity contribution >= 4 is 11.4 Å². The summed E-state index contributed by atoms with van der Waals surface area (Å²) in [5, 5.41) is 12.1. The van der Waals surface area contributed by atoms with Crippen LogP contribution in [0.5, 0.6) is 0 Å². The van der Waals surface area contributed by atoms with Crippen molar-refractivity contribution in [1.29, 1.82) is 5.26 Å². The van der Waals surface area contributed by atoms with Crippen molar-refractivity contribution < 1.29 is 4.39 Å². The number of hydrogen-bond donors (Lipinski definition) is 2. The van der Waals surface area contributed by atoms with E-state index in [1.165, 1.54) is 6.07 Å². The molecule has 2 aromatic carbocycles. The summed E-state index contributed by atoms with van der Waals surface area (Å²) in [5.41, 5.74) is 9.09. The summed E-state index contributed by atoms with van der Waals surface area (Å²) in [4.78, 5) is 0. The second-order valence-corrected chi connectivity index (χ2v) is 4.79. The Hall–Kier alpha value is -2.54. The maximum absolute atomic E-state index is 13.6. The van der Waals surface area contributed by atoms with Crippen molar-refractivity contribution in [2.24, 2.45) is 0 Å². The van der Waals surface area contributed by atoms with E-state index in [0.29, 0.717) is 22.5 Å². The highest BCUT2D eigenvalue weighted by atomic mass is 19.1. The molecule has 4 heteroatoms. The molecule has 0 fully saturated rings. The Labute approximate surface area is 117 Å². The van der Waals surface area contributed by atoms with Crippen molar-refractivity contribution in [3.05, 3.63) is 58.9 Å². The molecule has 0 saturated carbocycles. The van der Waals surface area contributed by atoms with Crippen LogP contribution in [-0.2, 0) is 0 Å². The lowest BCUT2D eigenvalue weighted by atomic mass is 10.1. The lowest BCUT2D eigenvalue weighted by Gasteiger charge is -2.18. The smallest absolute Gasteiger partial charge is 0.126 e. The van der Waals surface area contributed by atoms with Gasteiger partial charge in [-0.05, 0) is 49.2 Å². The molecule has 0 amide bonds. The molecule has 3 nitrogen and oxygen atoms in total. The van der Waals surface area contributed by atoms with Gasteiger partial charge in [0, 0.05) is 6.04 Å². The molecular formula is C16H16FN3. The molecule has 0 aliphatic heterocycles. The number of nitriles is 1. The van der Waals surface area contributed by atoms with Gasteiger partial charge >= 0.3 is 0 Å². The maximum Gasteiger partial charge on any atom is 0.126 e. The van der Waals surface area contributed by atoms with Crippen LogP contribution < -0.4 is 11.1 Å². The largest absolute Gasteiger partial charge is 0.397 e. The van der Waals surface area contributed by atoms with Gasteiger partial charge in [0.25, 0.3) is 0 Å². The van der Waals surface area contributed by atoms with Gasteiger partial charge < -0.3 is 11.1 Å². The number of anilines is 2. The fourth-order valence-corrected chi connectivity index (χ4v) is 1.95. The van der Waals surface area contributed by atoms with Crippen LogP contribution in [0.4, 0.5) is 15.8 Å². The molecule has 1 atom stereocenters. The summed E-state index contributed by atoms with van der Waals surface area (Å²) in [6.07, 6.45) is 0. The van der Waals surface area contributed by atoms with E-state index in [4.69, 9.17) is 11.0 Å². The van der Waals surface area contributed by atoms with Crippen molar-refractivity contribution in [2.45, 2.75) is 19.9 Å². The van der Waals surface area contributed by atoms with Gasteiger partial charge in [0.2, 0.25) is 0 Å². The van der Waals surface area contributed by atoms with Crippen molar-refractivity contribution in [2.75, 3.05) is 11.1 Å². The van der Waals surface area contributed by atoms with Crippen molar-refractivity contribution in [3.8, 4) is 6.07 Å². The van der Waals surface area contributed by atoms with Crippen LogP contribution in [0.2, 0.25) is 0 Å².